The minimum absolute atomic E-state index is 0.105. The highest BCUT2D eigenvalue weighted by atomic mass is 35.5. The van der Waals surface area contributed by atoms with Crippen LogP contribution in [0.25, 0.3) is 0 Å². The van der Waals surface area contributed by atoms with Crippen LogP contribution in [-0.2, 0) is 27.8 Å². The fourth-order valence-electron chi connectivity index (χ4n) is 3.20. The van der Waals surface area contributed by atoms with Gasteiger partial charge in [-0.1, -0.05) is 54.1 Å². The lowest BCUT2D eigenvalue weighted by Gasteiger charge is -2.16. The molecule has 0 unspecified atom stereocenters. The van der Waals surface area contributed by atoms with E-state index in [1.54, 1.807) is 24.3 Å². The van der Waals surface area contributed by atoms with Crippen LogP contribution >= 0.6 is 11.6 Å². The zero-order chi connectivity index (χ0) is 23.0. The fourth-order valence-corrected chi connectivity index (χ4v) is 4.72. The Morgan fingerprint density at radius 1 is 0.938 bits per heavy atom. The Hall–Kier alpha value is -2.61. The van der Waals surface area contributed by atoms with E-state index in [0.717, 1.165) is 13.0 Å². The number of nitrogens with one attached hydrogen (secondary N) is 1. The van der Waals surface area contributed by atoms with Crippen LogP contribution in [0.3, 0.4) is 0 Å². The maximum absolute atomic E-state index is 12.4. The zero-order valence-corrected chi connectivity index (χ0v) is 19.5. The molecular formula is C24H27ClN2O4S. The van der Waals surface area contributed by atoms with Gasteiger partial charge in [-0.15, -0.1) is 0 Å². The van der Waals surface area contributed by atoms with E-state index in [9.17, 15) is 13.2 Å². The molecule has 0 saturated carbocycles. The van der Waals surface area contributed by atoms with Crippen molar-refractivity contribution in [2.24, 2.45) is 0 Å². The van der Waals surface area contributed by atoms with Gasteiger partial charge in [-0.2, -0.15) is 0 Å². The summed E-state index contributed by atoms with van der Waals surface area (Å²) < 4.78 is 30.4. The molecule has 0 aliphatic carbocycles. The number of benzene rings is 2. The van der Waals surface area contributed by atoms with Crippen LogP contribution in [0.15, 0.2) is 71.1 Å². The lowest BCUT2D eigenvalue weighted by molar-refractivity contribution is 0.0920. The van der Waals surface area contributed by atoms with E-state index in [4.69, 9.17) is 16.0 Å². The Morgan fingerprint density at radius 3 is 2.38 bits per heavy atom. The number of carbonyl (C=O) groups excluding carboxylic acids is 1. The third kappa shape index (κ3) is 7.82. The van der Waals surface area contributed by atoms with Gasteiger partial charge in [0, 0.05) is 24.7 Å². The van der Waals surface area contributed by atoms with E-state index in [2.05, 4.69) is 22.3 Å². The number of sulfone groups is 1. The van der Waals surface area contributed by atoms with Gasteiger partial charge in [0.15, 0.2) is 15.6 Å². The number of amides is 1. The lowest BCUT2D eigenvalue weighted by atomic mass is 10.1. The number of nitrogens with zero attached hydrogens (tertiary/aromatic N) is 1. The Morgan fingerprint density at radius 2 is 1.66 bits per heavy atom. The van der Waals surface area contributed by atoms with Crippen molar-refractivity contribution in [2.75, 3.05) is 26.7 Å². The minimum Gasteiger partial charge on any atom is -0.455 e. The van der Waals surface area contributed by atoms with Crippen LogP contribution in [-0.4, -0.2) is 45.9 Å². The predicted molar refractivity (Wildman–Crippen MR) is 126 cm³/mol. The molecule has 0 aliphatic rings. The zero-order valence-electron chi connectivity index (χ0n) is 18.0. The molecule has 2 aromatic carbocycles. The number of furan rings is 1. The summed E-state index contributed by atoms with van der Waals surface area (Å²) in [6.07, 6.45) is 0.942. The third-order valence-corrected chi connectivity index (χ3v) is 6.70. The van der Waals surface area contributed by atoms with Crippen LogP contribution in [0.4, 0.5) is 0 Å². The lowest BCUT2D eigenvalue weighted by Crippen LogP contribution is -2.33. The Labute approximate surface area is 194 Å². The Bertz CT molecular complexity index is 1110. The van der Waals surface area contributed by atoms with Crippen molar-refractivity contribution in [3.8, 4) is 0 Å². The summed E-state index contributed by atoms with van der Waals surface area (Å²) in [5.41, 5.74) is 1.92. The molecule has 0 saturated heterocycles. The van der Waals surface area contributed by atoms with Crippen LogP contribution in [0.2, 0.25) is 5.02 Å². The highest BCUT2D eigenvalue weighted by molar-refractivity contribution is 7.89. The van der Waals surface area contributed by atoms with Crippen molar-refractivity contribution < 1.29 is 17.6 Å². The van der Waals surface area contributed by atoms with Gasteiger partial charge in [-0.05, 0) is 48.9 Å². The number of halogens is 1. The van der Waals surface area contributed by atoms with Crippen molar-refractivity contribution in [1.29, 1.82) is 0 Å². The first-order valence-corrected chi connectivity index (χ1v) is 12.5. The van der Waals surface area contributed by atoms with Gasteiger partial charge < -0.3 is 14.6 Å². The molecule has 0 bridgehead atoms. The molecule has 1 N–H and O–H groups in total. The molecule has 0 radical (unpaired) electrons. The standard InChI is InChI=1S/C24H27ClN2O4S/c1-27(15-13-19-5-3-2-4-6-19)16-14-26-24(28)23-12-11-22(31-23)18-32(29,30)17-20-7-9-21(25)10-8-20/h2-12H,13-18H2,1H3,(H,26,28). The van der Waals surface area contributed by atoms with Gasteiger partial charge in [0.2, 0.25) is 0 Å². The van der Waals surface area contributed by atoms with E-state index in [-0.39, 0.29) is 28.9 Å². The summed E-state index contributed by atoms with van der Waals surface area (Å²) in [6, 6.07) is 19.9. The summed E-state index contributed by atoms with van der Waals surface area (Å²) >= 11 is 5.83. The van der Waals surface area contributed by atoms with Gasteiger partial charge in [0.25, 0.3) is 5.91 Å². The second kappa shape index (κ2) is 11.3. The van der Waals surface area contributed by atoms with Crippen molar-refractivity contribution in [1.82, 2.24) is 10.2 Å². The van der Waals surface area contributed by atoms with E-state index < -0.39 is 9.84 Å². The summed E-state index contributed by atoms with van der Waals surface area (Å²) in [4.78, 5) is 14.5. The second-order valence-electron chi connectivity index (χ2n) is 7.72. The SMILES string of the molecule is CN(CCNC(=O)c1ccc(CS(=O)(=O)Cc2ccc(Cl)cc2)o1)CCc1ccccc1. The largest absolute Gasteiger partial charge is 0.455 e. The minimum atomic E-state index is -3.45. The Kier molecular flexibility index (Phi) is 8.50. The molecule has 6 nitrogen and oxygen atoms in total. The maximum Gasteiger partial charge on any atom is 0.287 e. The van der Waals surface area contributed by atoms with Crippen molar-refractivity contribution in [2.45, 2.75) is 17.9 Å². The summed E-state index contributed by atoms with van der Waals surface area (Å²) in [5, 5.41) is 3.36. The van der Waals surface area contributed by atoms with Gasteiger partial charge in [-0.3, -0.25) is 4.79 Å². The molecule has 0 atom stereocenters. The van der Waals surface area contributed by atoms with Gasteiger partial charge in [-0.25, -0.2) is 8.42 Å². The van der Waals surface area contributed by atoms with Crippen LogP contribution in [0, 0.1) is 0 Å². The van der Waals surface area contributed by atoms with Crippen LogP contribution in [0.1, 0.15) is 27.4 Å². The Balaban J connectivity index is 1.43. The first-order chi connectivity index (χ1) is 15.3. The van der Waals surface area contributed by atoms with Crippen molar-refractivity contribution in [3.05, 3.63) is 94.4 Å². The highest BCUT2D eigenvalue weighted by Crippen LogP contribution is 2.17. The van der Waals surface area contributed by atoms with E-state index >= 15 is 0 Å². The number of likely N-dealkylation sites (N-methyl/N-ethyl adjacent to an activating group) is 1. The quantitative estimate of drug-likeness (QED) is 0.455. The van der Waals surface area contributed by atoms with E-state index in [0.29, 0.717) is 23.7 Å². The van der Waals surface area contributed by atoms with Gasteiger partial charge >= 0.3 is 0 Å². The number of carbonyl (C=O) groups is 1. The maximum atomic E-state index is 12.4. The molecule has 170 valence electrons. The molecule has 0 spiro atoms. The number of hydrogen-bond donors (Lipinski definition) is 1. The summed E-state index contributed by atoms with van der Waals surface area (Å²) in [6.45, 7) is 2.05. The van der Waals surface area contributed by atoms with Crippen LogP contribution < -0.4 is 5.32 Å². The molecule has 1 heterocycles. The average molecular weight is 475 g/mol. The smallest absolute Gasteiger partial charge is 0.287 e. The molecule has 0 fully saturated rings. The molecule has 3 aromatic rings. The molecule has 1 amide bonds. The fraction of sp³-hybridized carbons (Fsp3) is 0.292. The molecule has 0 aliphatic heterocycles. The highest BCUT2D eigenvalue weighted by Gasteiger charge is 2.18. The summed E-state index contributed by atoms with van der Waals surface area (Å²) in [5.74, 6) is -0.409. The molecular weight excluding hydrogens is 448 g/mol. The average Bonchev–Trinajstić information content (AvgIpc) is 3.22. The third-order valence-electron chi connectivity index (χ3n) is 4.95. The first-order valence-electron chi connectivity index (χ1n) is 10.3. The molecule has 32 heavy (non-hydrogen) atoms. The van der Waals surface area contributed by atoms with Gasteiger partial charge in [0.1, 0.15) is 11.5 Å². The summed E-state index contributed by atoms with van der Waals surface area (Å²) in [7, 11) is -1.44. The van der Waals surface area contributed by atoms with Crippen LogP contribution in [0.5, 0.6) is 0 Å². The van der Waals surface area contributed by atoms with Crippen molar-refractivity contribution >= 4 is 27.3 Å². The molecule has 8 heteroatoms. The molecule has 3 rings (SSSR count). The monoisotopic (exact) mass is 474 g/mol. The first kappa shape index (κ1) is 24.0. The number of hydrogen-bond acceptors (Lipinski definition) is 5. The van der Waals surface area contributed by atoms with E-state index in [1.165, 1.54) is 17.7 Å². The topological polar surface area (TPSA) is 79.6 Å². The normalized spacial score (nSPS) is 11.6. The van der Waals surface area contributed by atoms with Gasteiger partial charge in [0.05, 0.1) is 5.75 Å². The number of rotatable bonds is 11. The second-order valence-corrected chi connectivity index (χ2v) is 10.2. The van der Waals surface area contributed by atoms with E-state index in [1.807, 2.05) is 25.2 Å². The predicted octanol–water partition coefficient (Wildman–Crippen LogP) is 3.95. The molecule has 1 aromatic heterocycles. The van der Waals surface area contributed by atoms with Crippen molar-refractivity contribution in [3.63, 3.8) is 0 Å².